The molecule has 0 heterocycles. The van der Waals surface area contributed by atoms with Gasteiger partial charge in [-0.05, 0) is 19.3 Å². The van der Waals surface area contributed by atoms with Crippen molar-refractivity contribution in [2.45, 2.75) is 59.0 Å². The topological polar surface area (TPSA) is 108 Å². The summed E-state index contributed by atoms with van der Waals surface area (Å²) in [6, 6.07) is -1.39. The fraction of sp³-hybridized carbons (Fsp3) is 0.786. The van der Waals surface area contributed by atoms with Gasteiger partial charge in [-0.25, -0.2) is 9.59 Å². The molecule has 0 aromatic carbocycles. The molecule has 4 N–H and O–H groups in total. The molecular formula is C14H27N3O4. The van der Waals surface area contributed by atoms with Gasteiger partial charge in [-0.1, -0.05) is 27.2 Å². The van der Waals surface area contributed by atoms with Gasteiger partial charge in [-0.3, -0.25) is 4.79 Å². The van der Waals surface area contributed by atoms with Gasteiger partial charge >= 0.3 is 12.0 Å². The molecule has 0 radical (unpaired) electrons. The summed E-state index contributed by atoms with van der Waals surface area (Å²) in [6.07, 6.45) is 1.66. The third-order valence-electron chi connectivity index (χ3n) is 3.42. The van der Waals surface area contributed by atoms with E-state index in [0.717, 1.165) is 6.42 Å². The van der Waals surface area contributed by atoms with Crippen molar-refractivity contribution in [3.63, 3.8) is 0 Å². The van der Waals surface area contributed by atoms with E-state index in [-0.39, 0.29) is 30.8 Å². The first-order valence-electron chi connectivity index (χ1n) is 7.38. The summed E-state index contributed by atoms with van der Waals surface area (Å²) >= 11 is 0. The lowest BCUT2D eigenvalue weighted by molar-refractivity contribution is -0.140. The van der Waals surface area contributed by atoms with E-state index in [1.165, 1.54) is 0 Å². The number of carbonyl (C=O) groups is 3. The summed E-state index contributed by atoms with van der Waals surface area (Å²) in [5.74, 6) is -1.36. The van der Waals surface area contributed by atoms with Gasteiger partial charge in [0.15, 0.2) is 0 Å². The van der Waals surface area contributed by atoms with Gasteiger partial charge in [0.25, 0.3) is 0 Å². The van der Waals surface area contributed by atoms with Gasteiger partial charge in [0.1, 0.15) is 6.04 Å². The number of amides is 3. The molecule has 0 fully saturated rings. The van der Waals surface area contributed by atoms with Crippen LogP contribution in [0.1, 0.15) is 47.0 Å². The van der Waals surface area contributed by atoms with E-state index in [2.05, 4.69) is 16.0 Å². The summed E-state index contributed by atoms with van der Waals surface area (Å²) in [5.41, 5.74) is 0. The van der Waals surface area contributed by atoms with Gasteiger partial charge < -0.3 is 21.1 Å². The summed E-state index contributed by atoms with van der Waals surface area (Å²) in [7, 11) is 0. The minimum Gasteiger partial charge on any atom is -0.480 e. The molecule has 0 aromatic rings. The predicted octanol–water partition coefficient (Wildman–Crippen LogP) is 1.09. The van der Waals surface area contributed by atoms with Gasteiger partial charge in [-0.15, -0.1) is 0 Å². The molecule has 0 spiro atoms. The molecule has 3 atom stereocenters. The van der Waals surface area contributed by atoms with Crippen LogP contribution in [-0.2, 0) is 9.59 Å². The number of carboxylic acid groups (broad SMARTS) is 1. The molecule has 7 nitrogen and oxygen atoms in total. The van der Waals surface area contributed by atoms with Crippen molar-refractivity contribution >= 4 is 17.9 Å². The van der Waals surface area contributed by atoms with Crippen LogP contribution in [0.4, 0.5) is 4.79 Å². The Morgan fingerprint density at radius 1 is 1.05 bits per heavy atom. The van der Waals surface area contributed by atoms with Crippen LogP contribution in [0.3, 0.4) is 0 Å². The number of aliphatic carboxylic acids is 1. The first-order chi connectivity index (χ1) is 9.81. The van der Waals surface area contributed by atoms with Crippen LogP contribution in [-0.4, -0.2) is 41.6 Å². The highest BCUT2D eigenvalue weighted by atomic mass is 16.4. The van der Waals surface area contributed by atoms with E-state index in [0.29, 0.717) is 6.42 Å². The minimum atomic E-state index is -1.06. The van der Waals surface area contributed by atoms with Crippen molar-refractivity contribution in [2.75, 3.05) is 6.54 Å². The third kappa shape index (κ3) is 8.16. The fourth-order valence-electron chi connectivity index (χ4n) is 1.61. The Hall–Kier alpha value is -1.79. The fourth-order valence-corrected chi connectivity index (χ4v) is 1.61. The maximum atomic E-state index is 11.6. The van der Waals surface area contributed by atoms with Crippen molar-refractivity contribution in [1.82, 2.24) is 16.0 Å². The second-order valence-corrected chi connectivity index (χ2v) is 5.23. The smallest absolute Gasteiger partial charge is 0.326 e. The predicted molar refractivity (Wildman–Crippen MR) is 79.9 cm³/mol. The Kier molecular flexibility index (Phi) is 9.16. The Labute approximate surface area is 125 Å². The molecule has 0 saturated heterocycles. The van der Waals surface area contributed by atoms with E-state index in [1.54, 1.807) is 6.92 Å². The molecule has 7 heteroatoms. The normalized spacial score (nSPS) is 14.7. The van der Waals surface area contributed by atoms with Crippen LogP contribution in [0.2, 0.25) is 0 Å². The molecule has 0 rings (SSSR count). The number of urea groups is 1. The van der Waals surface area contributed by atoms with Crippen LogP contribution in [0.15, 0.2) is 0 Å². The first kappa shape index (κ1) is 19.2. The molecule has 3 unspecified atom stereocenters. The van der Waals surface area contributed by atoms with Crippen LogP contribution in [0, 0.1) is 5.92 Å². The van der Waals surface area contributed by atoms with Crippen molar-refractivity contribution in [3.8, 4) is 0 Å². The average Bonchev–Trinajstić information content (AvgIpc) is 2.43. The second kappa shape index (κ2) is 10.0. The zero-order chi connectivity index (χ0) is 16.4. The number of nitrogens with one attached hydrogen (secondary N) is 3. The first-order valence-corrected chi connectivity index (χ1v) is 7.38. The molecule has 0 saturated carbocycles. The van der Waals surface area contributed by atoms with Gasteiger partial charge in [0.2, 0.25) is 5.91 Å². The lowest BCUT2D eigenvalue weighted by Gasteiger charge is -2.20. The lowest BCUT2D eigenvalue weighted by Crippen LogP contribution is -2.49. The quantitative estimate of drug-likeness (QED) is 0.511. The largest absolute Gasteiger partial charge is 0.480 e. The zero-order valence-corrected chi connectivity index (χ0v) is 13.2. The number of hydrogen-bond donors (Lipinski definition) is 4. The molecule has 0 aliphatic heterocycles. The Morgan fingerprint density at radius 2 is 1.67 bits per heavy atom. The maximum Gasteiger partial charge on any atom is 0.326 e. The summed E-state index contributed by atoms with van der Waals surface area (Å²) in [5, 5.41) is 16.7. The van der Waals surface area contributed by atoms with Crippen LogP contribution < -0.4 is 16.0 Å². The molecule has 122 valence electrons. The molecule has 0 aliphatic rings. The van der Waals surface area contributed by atoms with Gasteiger partial charge in [-0.2, -0.15) is 0 Å². The molecule has 0 bridgehead atoms. The highest BCUT2D eigenvalue weighted by Gasteiger charge is 2.25. The highest BCUT2D eigenvalue weighted by molar-refractivity contribution is 5.83. The summed E-state index contributed by atoms with van der Waals surface area (Å²) < 4.78 is 0. The second-order valence-electron chi connectivity index (χ2n) is 5.23. The summed E-state index contributed by atoms with van der Waals surface area (Å²) in [4.78, 5) is 34.2. The number of hydrogen-bond acceptors (Lipinski definition) is 3. The number of rotatable bonds is 9. The lowest BCUT2D eigenvalue weighted by atomic mass is 9.99. The molecule has 0 aliphatic carbocycles. The number of carbonyl (C=O) groups excluding carboxylic acids is 2. The van der Waals surface area contributed by atoms with E-state index < -0.39 is 18.0 Å². The van der Waals surface area contributed by atoms with Gasteiger partial charge in [0.05, 0.1) is 0 Å². The number of carboxylic acids is 1. The maximum absolute atomic E-state index is 11.6. The van der Waals surface area contributed by atoms with Crippen molar-refractivity contribution in [1.29, 1.82) is 0 Å². The minimum absolute atomic E-state index is 0.105. The van der Waals surface area contributed by atoms with Crippen molar-refractivity contribution < 1.29 is 19.5 Å². The highest BCUT2D eigenvalue weighted by Crippen LogP contribution is 2.07. The zero-order valence-electron chi connectivity index (χ0n) is 13.2. The molecular weight excluding hydrogens is 274 g/mol. The molecule has 3 amide bonds. The average molecular weight is 301 g/mol. The molecule has 21 heavy (non-hydrogen) atoms. The molecule has 0 aromatic heterocycles. The van der Waals surface area contributed by atoms with E-state index in [9.17, 15) is 14.4 Å². The Morgan fingerprint density at radius 3 is 2.14 bits per heavy atom. The SMILES string of the molecule is CCC(C)NC(=O)CCNC(=O)NC(C(=O)O)C(C)CC. The monoisotopic (exact) mass is 301 g/mol. The third-order valence-corrected chi connectivity index (χ3v) is 3.42. The van der Waals surface area contributed by atoms with Crippen molar-refractivity contribution in [3.05, 3.63) is 0 Å². The van der Waals surface area contributed by atoms with Crippen molar-refractivity contribution in [2.24, 2.45) is 5.92 Å². The van der Waals surface area contributed by atoms with Gasteiger partial charge in [0, 0.05) is 19.0 Å². The van der Waals surface area contributed by atoms with Crippen LogP contribution in [0.5, 0.6) is 0 Å². The van der Waals surface area contributed by atoms with E-state index in [4.69, 9.17) is 5.11 Å². The summed E-state index contributed by atoms with van der Waals surface area (Å²) in [6.45, 7) is 7.66. The van der Waals surface area contributed by atoms with Crippen LogP contribution >= 0.6 is 0 Å². The Balaban J connectivity index is 4.09. The Bertz CT molecular complexity index is 360. The van der Waals surface area contributed by atoms with E-state index >= 15 is 0 Å². The van der Waals surface area contributed by atoms with Crippen LogP contribution in [0.25, 0.3) is 0 Å². The van der Waals surface area contributed by atoms with E-state index in [1.807, 2.05) is 20.8 Å². The standard InChI is InChI=1S/C14H27N3O4/c1-5-9(3)12(13(19)20)17-14(21)15-8-7-11(18)16-10(4)6-2/h9-10,12H,5-8H2,1-4H3,(H,16,18)(H,19,20)(H2,15,17,21).